The Bertz CT molecular complexity index is 2510. The minimum atomic E-state index is -2.78. The molecule has 0 bridgehead atoms. The fraction of sp³-hybridized carbons (Fsp3) is 0. The van der Waals surface area contributed by atoms with E-state index in [0.717, 1.165) is 0 Å². The van der Waals surface area contributed by atoms with Crippen LogP contribution in [0.5, 0.6) is 0 Å². The van der Waals surface area contributed by atoms with Gasteiger partial charge in [0.2, 0.25) is 0 Å². The van der Waals surface area contributed by atoms with E-state index in [4.69, 9.17) is 0 Å². The molecular weight excluding hydrogens is 595 g/mol. The molecule has 9 rings (SSSR count). The van der Waals surface area contributed by atoms with E-state index >= 15 is 0 Å². The molecular formula is C46H33NSi. The zero-order valence-corrected chi connectivity index (χ0v) is 27.5. The molecule has 0 radical (unpaired) electrons. The molecule has 1 nitrogen and oxygen atoms in total. The van der Waals surface area contributed by atoms with Crippen molar-refractivity contribution in [2.45, 2.75) is 0 Å². The van der Waals surface area contributed by atoms with Crippen molar-refractivity contribution in [3.8, 4) is 16.8 Å². The second kappa shape index (κ2) is 11.7. The number of rotatable bonds is 6. The number of fused-ring (bicyclic) bond motifs is 4. The molecule has 0 saturated carbocycles. The van der Waals surface area contributed by atoms with Gasteiger partial charge in [0, 0.05) is 16.5 Å². The first-order valence-electron chi connectivity index (χ1n) is 16.6. The van der Waals surface area contributed by atoms with E-state index in [-0.39, 0.29) is 0 Å². The van der Waals surface area contributed by atoms with Crippen molar-refractivity contribution < 1.29 is 0 Å². The van der Waals surface area contributed by atoms with Gasteiger partial charge in [-0.1, -0.05) is 176 Å². The van der Waals surface area contributed by atoms with E-state index in [1.54, 1.807) is 0 Å². The second-order valence-electron chi connectivity index (χ2n) is 12.5. The summed E-state index contributed by atoms with van der Waals surface area (Å²) in [7, 11) is -2.78. The zero-order valence-electron chi connectivity index (χ0n) is 26.5. The Morgan fingerprint density at radius 3 is 1.62 bits per heavy atom. The van der Waals surface area contributed by atoms with Gasteiger partial charge in [-0.05, 0) is 66.9 Å². The molecule has 0 N–H and O–H groups in total. The number of nitrogens with zero attached hydrogens (tertiary/aromatic N) is 1. The second-order valence-corrected chi connectivity index (χ2v) is 16.4. The maximum absolute atomic E-state index is 2.78. The number of para-hydroxylation sites is 1. The molecule has 0 atom stereocenters. The van der Waals surface area contributed by atoms with Crippen LogP contribution in [-0.2, 0) is 0 Å². The minimum Gasteiger partial charge on any atom is -0.309 e. The number of hydrogen-bond acceptors (Lipinski definition) is 0. The molecule has 2 heteroatoms. The van der Waals surface area contributed by atoms with Crippen LogP contribution < -0.4 is 20.7 Å². The average Bonchev–Trinajstić information content (AvgIpc) is 3.50. The molecule has 0 saturated heterocycles. The molecule has 9 aromatic rings. The lowest BCUT2D eigenvalue weighted by atomic mass is 10.1. The molecule has 0 spiro atoms. The summed E-state index contributed by atoms with van der Waals surface area (Å²) in [4.78, 5) is 0. The summed E-state index contributed by atoms with van der Waals surface area (Å²) < 4.78 is 2.44. The van der Waals surface area contributed by atoms with Crippen molar-refractivity contribution in [2.75, 3.05) is 0 Å². The third kappa shape index (κ3) is 4.53. The molecule has 1 aromatic heterocycles. The first kappa shape index (κ1) is 28.3. The van der Waals surface area contributed by atoms with Crippen LogP contribution in [0.1, 0.15) is 0 Å². The lowest BCUT2D eigenvalue weighted by Crippen LogP contribution is -2.74. The number of hydrogen-bond donors (Lipinski definition) is 0. The fourth-order valence-electron chi connectivity index (χ4n) is 7.74. The Hall–Kier alpha value is -5.96. The van der Waals surface area contributed by atoms with Crippen LogP contribution in [0, 0.1) is 0 Å². The lowest BCUT2D eigenvalue weighted by molar-refractivity contribution is 1.19. The summed E-state index contributed by atoms with van der Waals surface area (Å²) in [5, 5.41) is 10.5. The van der Waals surface area contributed by atoms with E-state index in [2.05, 4.69) is 205 Å². The lowest BCUT2D eigenvalue weighted by Gasteiger charge is -2.35. The highest BCUT2D eigenvalue weighted by Gasteiger charge is 2.42. The van der Waals surface area contributed by atoms with Gasteiger partial charge in [0.1, 0.15) is 0 Å². The van der Waals surface area contributed by atoms with E-state index in [1.807, 2.05) is 0 Å². The zero-order chi connectivity index (χ0) is 31.9. The van der Waals surface area contributed by atoms with Crippen LogP contribution in [0.4, 0.5) is 0 Å². The Balaban J connectivity index is 1.36. The minimum absolute atomic E-state index is 1.18. The highest BCUT2D eigenvalue weighted by molar-refractivity contribution is 7.20. The highest BCUT2D eigenvalue weighted by Crippen LogP contribution is 2.33. The first-order chi connectivity index (χ1) is 23.8. The number of benzene rings is 8. The van der Waals surface area contributed by atoms with Crippen LogP contribution >= 0.6 is 0 Å². The summed E-state index contributed by atoms with van der Waals surface area (Å²) in [5.74, 6) is 0. The van der Waals surface area contributed by atoms with Gasteiger partial charge in [-0.25, -0.2) is 0 Å². The molecule has 226 valence electrons. The van der Waals surface area contributed by atoms with Crippen LogP contribution in [-0.4, -0.2) is 12.6 Å². The Morgan fingerprint density at radius 1 is 0.312 bits per heavy atom. The van der Waals surface area contributed by atoms with Crippen molar-refractivity contribution in [1.29, 1.82) is 0 Å². The van der Waals surface area contributed by atoms with Crippen LogP contribution in [0.2, 0.25) is 0 Å². The number of aromatic nitrogens is 1. The van der Waals surface area contributed by atoms with Crippen molar-refractivity contribution in [1.82, 2.24) is 4.57 Å². The summed E-state index contributed by atoms with van der Waals surface area (Å²) in [5.41, 5.74) is 6.09. The summed E-state index contributed by atoms with van der Waals surface area (Å²) in [6.45, 7) is 0. The van der Waals surface area contributed by atoms with Crippen molar-refractivity contribution in [3.05, 3.63) is 200 Å². The summed E-state index contributed by atoms with van der Waals surface area (Å²) in [6.07, 6.45) is 0. The molecule has 0 fully saturated rings. The molecule has 8 aromatic carbocycles. The van der Waals surface area contributed by atoms with Gasteiger partial charge in [0.05, 0.1) is 11.0 Å². The van der Waals surface area contributed by atoms with Crippen LogP contribution in [0.3, 0.4) is 0 Å². The third-order valence-electron chi connectivity index (χ3n) is 9.91. The Kier molecular flexibility index (Phi) is 6.88. The molecule has 0 amide bonds. The molecule has 0 aliphatic rings. The fourth-order valence-corrected chi connectivity index (χ4v) is 12.5. The summed E-state index contributed by atoms with van der Waals surface area (Å²) in [6, 6.07) is 74.1. The SMILES string of the molecule is c1ccc(-c2cccc([Si](c3ccccc3)(c3ccccc3)c3ccc4c(c3)c3ccccc3n4-c3ccc4ccccc4c3)c2)cc1. The van der Waals surface area contributed by atoms with Gasteiger partial charge in [-0.15, -0.1) is 0 Å². The van der Waals surface area contributed by atoms with Gasteiger partial charge in [-0.2, -0.15) is 0 Å². The summed E-state index contributed by atoms with van der Waals surface area (Å²) >= 11 is 0. The standard InChI is InChI=1S/C46H33NSi/c1-4-15-34(16-5-1)37-19-14-24-41(32-37)48(39-20-6-2-7-21-39,40-22-8-3-9-23-40)42-29-30-46-44(33-42)43-25-12-13-26-45(43)47(46)38-28-27-35-17-10-11-18-36(35)31-38/h1-33H. The monoisotopic (exact) mass is 627 g/mol. The quantitative estimate of drug-likeness (QED) is 0.128. The predicted molar refractivity (Wildman–Crippen MR) is 207 cm³/mol. The molecule has 0 aliphatic heterocycles. The molecule has 0 aliphatic carbocycles. The normalized spacial score (nSPS) is 11.8. The van der Waals surface area contributed by atoms with Crippen molar-refractivity contribution in [2.24, 2.45) is 0 Å². The van der Waals surface area contributed by atoms with Crippen LogP contribution in [0.15, 0.2) is 200 Å². The highest BCUT2D eigenvalue weighted by atomic mass is 28.3. The third-order valence-corrected chi connectivity index (χ3v) is 14.7. The average molecular weight is 628 g/mol. The Labute approximate surface area is 282 Å². The first-order valence-corrected chi connectivity index (χ1v) is 18.6. The van der Waals surface area contributed by atoms with Crippen molar-refractivity contribution >= 4 is 61.4 Å². The van der Waals surface area contributed by atoms with E-state index < -0.39 is 8.07 Å². The molecule has 48 heavy (non-hydrogen) atoms. The maximum atomic E-state index is 2.51. The Morgan fingerprint density at radius 2 is 0.875 bits per heavy atom. The van der Waals surface area contributed by atoms with Gasteiger partial charge < -0.3 is 4.57 Å². The van der Waals surface area contributed by atoms with Gasteiger partial charge in [-0.3, -0.25) is 0 Å². The molecule has 1 heterocycles. The van der Waals surface area contributed by atoms with Gasteiger partial charge in [0.15, 0.2) is 8.07 Å². The van der Waals surface area contributed by atoms with E-state index in [0.29, 0.717) is 0 Å². The van der Waals surface area contributed by atoms with Gasteiger partial charge >= 0.3 is 0 Å². The topological polar surface area (TPSA) is 4.93 Å². The van der Waals surface area contributed by atoms with Crippen LogP contribution in [0.25, 0.3) is 49.4 Å². The van der Waals surface area contributed by atoms with E-state index in [9.17, 15) is 0 Å². The predicted octanol–water partition coefficient (Wildman–Crippen LogP) is 8.98. The largest absolute Gasteiger partial charge is 0.309 e. The maximum Gasteiger partial charge on any atom is 0.179 e. The van der Waals surface area contributed by atoms with Crippen molar-refractivity contribution in [3.63, 3.8) is 0 Å². The molecule has 0 unspecified atom stereocenters. The van der Waals surface area contributed by atoms with E-state index in [1.165, 1.54) is 70.1 Å². The van der Waals surface area contributed by atoms with Gasteiger partial charge in [0.25, 0.3) is 0 Å². The smallest absolute Gasteiger partial charge is 0.179 e.